The third kappa shape index (κ3) is 44.0. The topological polar surface area (TPSA) is 75.6 Å². The van der Waals surface area contributed by atoms with Crippen LogP contribution in [-0.4, -0.2) is 35.7 Å². The van der Waals surface area contributed by atoms with Crippen LogP contribution in [0.25, 0.3) is 0 Å². The van der Waals surface area contributed by atoms with Gasteiger partial charge in [0.15, 0.2) is 0 Å². The van der Waals surface area contributed by atoms with Crippen LogP contribution in [0.2, 0.25) is 0 Å². The molecule has 1 amide bonds. The standard InChI is InChI=1S/C52H101NO4/c1-4-7-10-13-16-19-22-25-26-29-31-34-37-40-43-46-51(55)53-49(50(54)45-42-39-36-33-30-27-23-20-17-14-11-8-5-2)48-57-52(56)47-44-41-38-35-32-28-24-21-18-15-12-9-6-3/h42,45,49-50,54H,4-41,43-44,46-48H2,1-3H3,(H,53,55)/b45-42+/t49-,50+/m0/s1. The maximum atomic E-state index is 12.9. The summed E-state index contributed by atoms with van der Waals surface area (Å²) in [7, 11) is 0. The second-order valence-electron chi connectivity index (χ2n) is 17.8. The van der Waals surface area contributed by atoms with Crippen molar-refractivity contribution < 1.29 is 19.4 Å². The predicted molar refractivity (Wildman–Crippen MR) is 249 cm³/mol. The maximum Gasteiger partial charge on any atom is 0.305 e. The molecule has 0 fully saturated rings. The van der Waals surface area contributed by atoms with Crippen molar-refractivity contribution in [2.75, 3.05) is 6.61 Å². The molecule has 2 N–H and O–H groups in total. The normalized spacial score (nSPS) is 12.7. The molecule has 0 rings (SSSR count). The first kappa shape index (κ1) is 55.6. The third-order valence-corrected chi connectivity index (χ3v) is 12.0. The van der Waals surface area contributed by atoms with Crippen LogP contribution in [0.5, 0.6) is 0 Å². The Labute approximate surface area is 356 Å². The van der Waals surface area contributed by atoms with E-state index in [1.165, 1.54) is 218 Å². The van der Waals surface area contributed by atoms with E-state index in [9.17, 15) is 14.7 Å². The summed E-state index contributed by atoms with van der Waals surface area (Å²) in [6.45, 7) is 6.84. The van der Waals surface area contributed by atoms with Crippen molar-refractivity contribution in [2.24, 2.45) is 0 Å². The van der Waals surface area contributed by atoms with Gasteiger partial charge in [0.2, 0.25) is 5.91 Å². The van der Waals surface area contributed by atoms with Crippen molar-refractivity contribution in [3.05, 3.63) is 12.2 Å². The van der Waals surface area contributed by atoms with Crippen LogP contribution >= 0.6 is 0 Å². The average Bonchev–Trinajstić information content (AvgIpc) is 3.21. The highest BCUT2D eigenvalue weighted by molar-refractivity contribution is 5.76. The molecule has 0 radical (unpaired) electrons. The molecule has 0 aliphatic heterocycles. The fraction of sp³-hybridized carbons (Fsp3) is 0.923. The lowest BCUT2D eigenvalue weighted by Gasteiger charge is -2.22. The summed E-state index contributed by atoms with van der Waals surface area (Å²) in [5.41, 5.74) is 0. The molecule has 5 heteroatoms. The van der Waals surface area contributed by atoms with E-state index in [0.29, 0.717) is 12.8 Å². The molecule has 0 saturated carbocycles. The van der Waals surface area contributed by atoms with Crippen LogP contribution < -0.4 is 5.32 Å². The summed E-state index contributed by atoms with van der Waals surface area (Å²) >= 11 is 0. The number of amides is 1. The maximum absolute atomic E-state index is 12.9. The van der Waals surface area contributed by atoms with Gasteiger partial charge in [-0.2, -0.15) is 0 Å². The van der Waals surface area contributed by atoms with Gasteiger partial charge in [0.1, 0.15) is 6.61 Å². The SMILES string of the molecule is CCCCCCCCCCCCC/C=C/[C@@H](O)[C@H](COC(=O)CCCCCCCCCCCCCCC)NC(=O)CCCCCCCCCCCCCCCCC. The Bertz CT molecular complexity index is 844. The zero-order valence-corrected chi connectivity index (χ0v) is 38.9. The second-order valence-corrected chi connectivity index (χ2v) is 17.8. The molecule has 0 unspecified atom stereocenters. The molecule has 0 bridgehead atoms. The Morgan fingerprint density at radius 2 is 0.737 bits per heavy atom. The van der Waals surface area contributed by atoms with E-state index >= 15 is 0 Å². The van der Waals surface area contributed by atoms with Crippen molar-refractivity contribution in [1.82, 2.24) is 5.32 Å². The molecule has 0 spiro atoms. The van der Waals surface area contributed by atoms with Crippen molar-refractivity contribution >= 4 is 11.9 Å². The van der Waals surface area contributed by atoms with Gasteiger partial charge in [-0.25, -0.2) is 0 Å². The molecule has 338 valence electrons. The molecule has 0 aromatic carbocycles. The zero-order chi connectivity index (χ0) is 41.5. The van der Waals surface area contributed by atoms with Gasteiger partial charge in [-0.1, -0.05) is 264 Å². The Morgan fingerprint density at radius 3 is 1.09 bits per heavy atom. The summed E-state index contributed by atoms with van der Waals surface area (Å²) < 4.78 is 5.64. The number of carbonyl (C=O) groups is 2. The van der Waals surface area contributed by atoms with Crippen LogP contribution in [0.1, 0.15) is 290 Å². The van der Waals surface area contributed by atoms with Crippen LogP contribution in [0.15, 0.2) is 12.2 Å². The van der Waals surface area contributed by atoms with Gasteiger partial charge in [-0.05, 0) is 25.7 Å². The van der Waals surface area contributed by atoms with E-state index in [1.807, 2.05) is 6.08 Å². The van der Waals surface area contributed by atoms with E-state index in [-0.39, 0.29) is 18.5 Å². The smallest absolute Gasteiger partial charge is 0.305 e. The summed E-state index contributed by atoms with van der Waals surface area (Å²) in [4.78, 5) is 25.6. The summed E-state index contributed by atoms with van der Waals surface area (Å²) in [6.07, 6.45) is 55.3. The zero-order valence-electron chi connectivity index (χ0n) is 38.9. The second kappa shape index (κ2) is 47.3. The summed E-state index contributed by atoms with van der Waals surface area (Å²) in [6, 6.07) is -0.613. The van der Waals surface area contributed by atoms with Crippen molar-refractivity contribution in [2.45, 2.75) is 303 Å². The Kier molecular flexibility index (Phi) is 46.2. The number of aliphatic hydroxyl groups excluding tert-OH is 1. The average molecular weight is 804 g/mol. The van der Waals surface area contributed by atoms with E-state index in [2.05, 4.69) is 26.1 Å². The van der Waals surface area contributed by atoms with Crippen LogP contribution in [-0.2, 0) is 14.3 Å². The fourth-order valence-electron chi connectivity index (χ4n) is 8.00. The molecule has 0 aliphatic rings. The van der Waals surface area contributed by atoms with E-state index in [4.69, 9.17) is 4.74 Å². The third-order valence-electron chi connectivity index (χ3n) is 12.0. The van der Waals surface area contributed by atoms with Gasteiger partial charge in [0.25, 0.3) is 0 Å². The molecule has 2 atom stereocenters. The molecule has 0 aromatic rings. The number of aliphatic hydroxyl groups is 1. The van der Waals surface area contributed by atoms with Crippen LogP contribution in [0, 0.1) is 0 Å². The largest absolute Gasteiger partial charge is 0.463 e. The van der Waals surface area contributed by atoms with Gasteiger partial charge in [-0.15, -0.1) is 0 Å². The Balaban J connectivity index is 4.37. The highest BCUT2D eigenvalue weighted by Crippen LogP contribution is 2.16. The predicted octanol–water partition coefficient (Wildman–Crippen LogP) is 16.4. The van der Waals surface area contributed by atoms with Crippen molar-refractivity contribution in [3.8, 4) is 0 Å². The number of esters is 1. The van der Waals surface area contributed by atoms with Gasteiger partial charge < -0.3 is 15.2 Å². The minimum atomic E-state index is -0.869. The van der Waals surface area contributed by atoms with E-state index < -0.39 is 12.1 Å². The van der Waals surface area contributed by atoms with Gasteiger partial charge >= 0.3 is 5.97 Å². The minimum Gasteiger partial charge on any atom is -0.463 e. The minimum absolute atomic E-state index is 0.0197. The molecule has 0 aliphatic carbocycles. The lowest BCUT2D eigenvalue weighted by atomic mass is 10.0. The Morgan fingerprint density at radius 1 is 0.439 bits per heavy atom. The first-order valence-electron chi connectivity index (χ1n) is 25.8. The number of hydrogen-bond donors (Lipinski definition) is 2. The van der Waals surface area contributed by atoms with Crippen LogP contribution in [0.3, 0.4) is 0 Å². The molecule has 5 nitrogen and oxygen atoms in total. The highest BCUT2D eigenvalue weighted by atomic mass is 16.5. The van der Waals surface area contributed by atoms with E-state index in [1.54, 1.807) is 6.08 Å². The molecule has 0 aromatic heterocycles. The Hall–Kier alpha value is -1.36. The van der Waals surface area contributed by atoms with Crippen LogP contribution in [0.4, 0.5) is 0 Å². The molecular formula is C52H101NO4. The quantitative estimate of drug-likeness (QED) is 0.0365. The van der Waals surface area contributed by atoms with Crippen molar-refractivity contribution in [1.29, 1.82) is 0 Å². The van der Waals surface area contributed by atoms with Gasteiger partial charge in [0, 0.05) is 12.8 Å². The van der Waals surface area contributed by atoms with E-state index in [0.717, 1.165) is 38.5 Å². The number of ether oxygens (including phenoxy) is 1. The number of hydrogen-bond acceptors (Lipinski definition) is 4. The first-order valence-corrected chi connectivity index (χ1v) is 25.8. The fourth-order valence-corrected chi connectivity index (χ4v) is 8.00. The molecule has 0 heterocycles. The van der Waals surface area contributed by atoms with Gasteiger partial charge in [-0.3, -0.25) is 9.59 Å². The number of rotatable bonds is 47. The summed E-state index contributed by atoms with van der Waals surface area (Å²) in [5.74, 6) is -0.281. The van der Waals surface area contributed by atoms with Crippen molar-refractivity contribution in [3.63, 3.8) is 0 Å². The monoisotopic (exact) mass is 804 g/mol. The molecule has 57 heavy (non-hydrogen) atoms. The number of nitrogens with one attached hydrogen (secondary N) is 1. The first-order chi connectivity index (χ1) is 28.0. The number of unbranched alkanes of at least 4 members (excludes halogenated alkanes) is 37. The highest BCUT2D eigenvalue weighted by Gasteiger charge is 2.21. The van der Waals surface area contributed by atoms with Gasteiger partial charge in [0.05, 0.1) is 12.1 Å². The summed E-state index contributed by atoms with van der Waals surface area (Å²) in [5, 5.41) is 14.1. The lowest BCUT2D eigenvalue weighted by Crippen LogP contribution is -2.46. The number of carbonyl (C=O) groups excluding carboxylic acids is 2. The molecule has 0 saturated heterocycles. The lowest BCUT2D eigenvalue weighted by molar-refractivity contribution is -0.146. The number of allylic oxidation sites excluding steroid dienone is 1. The molecular weight excluding hydrogens is 703 g/mol.